The van der Waals surface area contributed by atoms with Crippen molar-refractivity contribution in [2.75, 3.05) is 19.8 Å². The molecule has 0 saturated heterocycles. The number of rotatable bonds is 5. The van der Waals surface area contributed by atoms with Gasteiger partial charge in [0.15, 0.2) is 0 Å². The molecule has 0 aromatic rings. The van der Waals surface area contributed by atoms with Crippen molar-refractivity contribution < 1.29 is 9.09 Å². The van der Waals surface area contributed by atoms with E-state index in [-0.39, 0.29) is 0 Å². The molecular weight excluding hydrogens is 161 g/mol. The number of nitrogens with zero attached hydrogens (tertiary/aromatic N) is 1. The van der Waals surface area contributed by atoms with Gasteiger partial charge in [-0.05, 0) is 0 Å². The minimum Gasteiger partial charge on any atom is -0.441 e. The molecule has 0 spiro atoms. The van der Waals surface area contributed by atoms with Gasteiger partial charge in [0.25, 0.3) is 0 Å². The SMILES string of the molecule is C=COP(C)(=O)N(CC)CC. The fraction of sp³-hybridized carbons (Fsp3) is 0.714. The van der Waals surface area contributed by atoms with Crippen LogP contribution in [0.5, 0.6) is 0 Å². The van der Waals surface area contributed by atoms with Gasteiger partial charge in [-0.1, -0.05) is 20.4 Å². The van der Waals surface area contributed by atoms with Crippen LogP contribution in [0.3, 0.4) is 0 Å². The lowest BCUT2D eigenvalue weighted by Gasteiger charge is -2.24. The molecule has 0 heterocycles. The van der Waals surface area contributed by atoms with Crippen molar-refractivity contribution in [3.05, 3.63) is 12.8 Å². The van der Waals surface area contributed by atoms with Crippen LogP contribution in [0.25, 0.3) is 0 Å². The van der Waals surface area contributed by atoms with Crippen LogP contribution in [0, 0.1) is 0 Å². The lowest BCUT2D eigenvalue weighted by Crippen LogP contribution is -2.19. The summed E-state index contributed by atoms with van der Waals surface area (Å²) in [6, 6.07) is 0. The summed E-state index contributed by atoms with van der Waals surface area (Å²) in [5, 5.41) is 0. The molecule has 0 aliphatic rings. The lowest BCUT2D eigenvalue weighted by molar-refractivity contribution is 0.351. The maximum Gasteiger partial charge on any atom is 0.315 e. The summed E-state index contributed by atoms with van der Waals surface area (Å²) in [6.07, 6.45) is 1.24. The largest absolute Gasteiger partial charge is 0.441 e. The Morgan fingerprint density at radius 2 is 2.00 bits per heavy atom. The summed E-state index contributed by atoms with van der Waals surface area (Å²) in [4.78, 5) is 0. The fourth-order valence-electron chi connectivity index (χ4n) is 0.942. The fourth-order valence-corrected chi connectivity index (χ4v) is 2.38. The molecule has 0 amide bonds. The van der Waals surface area contributed by atoms with Gasteiger partial charge >= 0.3 is 7.52 Å². The molecule has 66 valence electrons. The third kappa shape index (κ3) is 3.08. The molecule has 0 N–H and O–H groups in total. The Hall–Kier alpha value is -0.270. The van der Waals surface area contributed by atoms with Gasteiger partial charge in [-0.2, -0.15) is 0 Å². The van der Waals surface area contributed by atoms with Gasteiger partial charge in [-0.25, -0.2) is 4.67 Å². The van der Waals surface area contributed by atoms with Crippen molar-refractivity contribution in [1.29, 1.82) is 0 Å². The second kappa shape index (κ2) is 4.58. The van der Waals surface area contributed by atoms with Gasteiger partial charge in [0.1, 0.15) is 0 Å². The number of hydrogen-bond donors (Lipinski definition) is 0. The second-order valence-electron chi connectivity index (χ2n) is 2.21. The molecule has 4 heteroatoms. The van der Waals surface area contributed by atoms with Crippen molar-refractivity contribution in [3.63, 3.8) is 0 Å². The monoisotopic (exact) mass is 177 g/mol. The third-order valence-electron chi connectivity index (χ3n) is 1.51. The first-order chi connectivity index (χ1) is 5.08. The Morgan fingerprint density at radius 3 is 2.27 bits per heavy atom. The highest BCUT2D eigenvalue weighted by molar-refractivity contribution is 7.55. The normalized spacial score (nSPS) is 16.0. The molecule has 1 unspecified atom stereocenters. The van der Waals surface area contributed by atoms with Crippen molar-refractivity contribution in [3.8, 4) is 0 Å². The molecule has 0 aliphatic carbocycles. The predicted octanol–water partition coefficient (Wildman–Crippen LogP) is 2.31. The van der Waals surface area contributed by atoms with E-state index in [1.165, 1.54) is 6.26 Å². The zero-order valence-corrected chi connectivity index (χ0v) is 8.30. The van der Waals surface area contributed by atoms with Crippen LogP contribution in [0.15, 0.2) is 12.8 Å². The Labute approximate surface area is 68.5 Å². The summed E-state index contributed by atoms with van der Waals surface area (Å²) in [5.74, 6) is 0. The molecule has 0 saturated carbocycles. The minimum absolute atomic E-state index is 0.734. The van der Waals surface area contributed by atoms with E-state index in [0.717, 1.165) is 13.1 Å². The van der Waals surface area contributed by atoms with Gasteiger partial charge < -0.3 is 4.52 Å². The molecule has 0 aromatic heterocycles. The van der Waals surface area contributed by atoms with Crippen LogP contribution in [0.2, 0.25) is 0 Å². The molecule has 0 aromatic carbocycles. The van der Waals surface area contributed by atoms with Crippen LogP contribution in [-0.4, -0.2) is 24.4 Å². The topological polar surface area (TPSA) is 29.5 Å². The third-order valence-corrected chi connectivity index (χ3v) is 3.65. The molecule has 0 bridgehead atoms. The molecule has 0 rings (SSSR count). The van der Waals surface area contributed by atoms with E-state index in [9.17, 15) is 4.57 Å². The van der Waals surface area contributed by atoms with Crippen LogP contribution in [0.4, 0.5) is 0 Å². The van der Waals surface area contributed by atoms with Gasteiger partial charge in [0, 0.05) is 19.8 Å². The van der Waals surface area contributed by atoms with E-state index >= 15 is 0 Å². The van der Waals surface area contributed by atoms with Crippen molar-refractivity contribution in [1.82, 2.24) is 4.67 Å². The Bertz CT molecular complexity index is 166. The summed E-state index contributed by atoms with van der Waals surface area (Å²) in [5.41, 5.74) is 0. The molecule has 0 radical (unpaired) electrons. The van der Waals surface area contributed by atoms with E-state index < -0.39 is 7.52 Å². The van der Waals surface area contributed by atoms with E-state index in [4.69, 9.17) is 4.52 Å². The first-order valence-corrected chi connectivity index (χ1v) is 5.73. The van der Waals surface area contributed by atoms with Gasteiger partial charge in [-0.15, -0.1) is 0 Å². The molecule has 1 atom stereocenters. The van der Waals surface area contributed by atoms with Crippen molar-refractivity contribution in [2.45, 2.75) is 13.8 Å². The zero-order valence-electron chi connectivity index (χ0n) is 7.41. The van der Waals surface area contributed by atoms with Gasteiger partial charge in [0.05, 0.1) is 6.26 Å². The highest BCUT2D eigenvalue weighted by Gasteiger charge is 2.22. The van der Waals surface area contributed by atoms with E-state index in [2.05, 4.69) is 6.58 Å². The predicted molar refractivity (Wildman–Crippen MR) is 47.7 cm³/mol. The van der Waals surface area contributed by atoms with Gasteiger partial charge in [-0.3, -0.25) is 4.57 Å². The quantitative estimate of drug-likeness (QED) is 0.476. The number of hydrogen-bond acceptors (Lipinski definition) is 2. The van der Waals surface area contributed by atoms with Crippen LogP contribution in [0.1, 0.15) is 13.8 Å². The molecule has 0 aliphatic heterocycles. The molecular formula is C7H16NO2P. The summed E-state index contributed by atoms with van der Waals surface area (Å²) in [7, 11) is -2.59. The zero-order chi connectivity index (χ0) is 8.91. The highest BCUT2D eigenvalue weighted by atomic mass is 31.2. The minimum atomic E-state index is -2.59. The average Bonchev–Trinajstić information content (AvgIpc) is 1.89. The maximum atomic E-state index is 11.6. The highest BCUT2D eigenvalue weighted by Crippen LogP contribution is 2.46. The average molecular weight is 177 g/mol. The molecule has 11 heavy (non-hydrogen) atoms. The first-order valence-electron chi connectivity index (χ1n) is 3.70. The Kier molecular flexibility index (Phi) is 4.46. The Balaban J connectivity index is 4.24. The van der Waals surface area contributed by atoms with E-state index in [0.29, 0.717) is 0 Å². The standard InChI is InChI=1S/C7H16NO2P/c1-5-8(6-2)11(4,9)10-7-3/h7H,3,5-6H2,1-2,4H3. The van der Waals surface area contributed by atoms with E-state index in [1.807, 2.05) is 13.8 Å². The van der Waals surface area contributed by atoms with Crippen LogP contribution >= 0.6 is 7.52 Å². The lowest BCUT2D eigenvalue weighted by atomic mass is 10.7. The molecule has 0 fully saturated rings. The second-order valence-corrected chi connectivity index (χ2v) is 4.60. The Morgan fingerprint density at radius 1 is 1.55 bits per heavy atom. The van der Waals surface area contributed by atoms with Crippen LogP contribution < -0.4 is 0 Å². The van der Waals surface area contributed by atoms with Crippen molar-refractivity contribution in [2.24, 2.45) is 0 Å². The summed E-state index contributed by atoms with van der Waals surface area (Å²) < 4.78 is 18.3. The smallest absolute Gasteiger partial charge is 0.315 e. The summed E-state index contributed by atoms with van der Waals surface area (Å²) >= 11 is 0. The van der Waals surface area contributed by atoms with Crippen LogP contribution in [-0.2, 0) is 9.09 Å². The van der Waals surface area contributed by atoms with Crippen molar-refractivity contribution >= 4 is 7.52 Å². The summed E-state index contributed by atoms with van der Waals surface area (Å²) in [6.45, 7) is 10.3. The van der Waals surface area contributed by atoms with Gasteiger partial charge in [0.2, 0.25) is 0 Å². The molecule has 3 nitrogen and oxygen atoms in total. The van der Waals surface area contributed by atoms with E-state index in [1.54, 1.807) is 11.3 Å². The maximum absolute atomic E-state index is 11.6. The first kappa shape index (κ1) is 10.7.